The van der Waals surface area contributed by atoms with Crippen LogP contribution in [0.3, 0.4) is 0 Å². The van der Waals surface area contributed by atoms with E-state index in [4.69, 9.17) is 0 Å². The summed E-state index contributed by atoms with van der Waals surface area (Å²) in [7, 11) is 1.40. The van der Waals surface area contributed by atoms with Crippen LogP contribution in [0.1, 0.15) is 12.0 Å². The van der Waals surface area contributed by atoms with Gasteiger partial charge in [-0.3, -0.25) is 0 Å². The molecule has 2 heterocycles. The van der Waals surface area contributed by atoms with Crippen molar-refractivity contribution in [3.8, 4) is 0 Å². The quantitative estimate of drug-likeness (QED) is 0.766. The number of anilines is 2. The minimum absolute atomic E-state index is 0.159. The molecule has 100 valence electrons. The number of hydrogen-bond donors (Lipinski definition) is 3. The maximum absolute atomic E-state index is 12.6. The van der Waals surface area contributed by atoms with Crippen LogP contribution in [0, 0.1) is 0 Å². The van der Waals surface area contributed by atoms with Crippen molar-refractivity contribution in [2.75, 3.05) is 30.8 Å². The zero-order chi connectivity index (χ0) is 13.2. The lowest BCUT2D eigenvalue weighted by molar-refractivity contribution is -0.137. The lowest BCUT2D eigenvalue weighted by atomic mass is 10.2. The van der Waals surface area contributed by atoms with Crippen molar-refractivity contribution in [2.45, 2.75) is 18.6 Å². The van der Waals surface area contributed by atoms with Gasteiger partial charge in [-0.2, -0.15) is 18.2 Å². The van der Waals surface area contributed by atoms with Gasteiger partial charge in [0.15, 0.2) is 0 Å². The van der Waals surface area contributed by atoms with Crippen LogP contribution in [0.25, 0.3) is 0 Å². The van der Waals surface area contributed by atoms with Crippen LogP contribution in [-0.2, 0) is 6.18 Å². The Bertz CT molecular complexity index is 414. The molecule has 3 N–H and O–H groups in total. The number of rotatable bonds is 3. The van der Waals surface area contributed by atoms with Gasteiger partial charge >= 0.3 is 6.18 Å². The summed E-state index contributed by atoms with van der Waals surface area (Å²) in [5, 5.41) is 8.59. The van der Waals surface area contributed by atoms with Gasteiger partial charge in [0, 0.05) is 25.8 Å². The fourth-order valence-corrected chi connectivity index (χ4v) is 1.81. The standard InChI is InChI=1S/C10H14F3N5/c1-14-8-7(10(11,12)13)5-16-9(18-8)17-6-2-3-15-4-6/h5-6,15H,2-4H2,1H3,(H2,14,16,17,18)/t6-/m1/s1. The van der Waals surface area contributed by atoms with Gasteiger partial charge in [-0.05, 0) is 13.0 Å². The number of halogens is 3. The van der Waals surface area contributed by atoms with E-state index in [1.54, 1.807) is 0 Å². The van der Waals surface area contributed by atoms with Gasteiger partial charge in [-0.25, -0.2) is 4.98 Å². The molecule has 0 amide bonds. The fourth-order valence-electron chi connectivity index (χ4n) is 1.81. The highest BCUT2D eigenvalue weighted by Gasteiger charge is 2.35. The summed E-state index contributed by atoms with van der Waals surface area (Å²) in [6, 6.07) is 0.159. The van der Waals surface area contributed by atoms with Crippen molar-refractivity contribution in [2.24, 2.45) is 0 Å². The number of nitrogens with one attached hydrogen (secondary N) is 3. The van der Waals surface area contributed by atoms with Crippen molar-refractivity contribution < 1.29 is 13.2 Å². The van der Waals surface area contributed by atoms with E-state index in [-0.39, 0.29) is 17.8 Å². The van der Waals surface area contributed by atoms with Crippen molar-refractivity contribution in [3.63, 3.8) is 0 Å². The van der Waals surface area contributed by atoms with E-state index in [2.05, 4.69) is 25.9 Å². The number of aromatic nitrogens is 2. The molecule has 0 unspecified atom stereocenters. The molecule has 5 nitrogen and oxygen atoms in total. The third kappa shape index (κ3) is 2.81. The van der Waals surface area contributed by atoms with Crippen molar-refractivity contribution in [1.29, 1.82) is 0 Å². The predicted molar refractivity (Wildman–Crippen MR) is 61.5 cm³/mol. The molecule has 0 saturated carbocycles. The molecule has 0 spiro atoms. The highest BCUT2D eigenvalue weighted by molar-refractivity contribution is 5.48. The molecule has 0 aromatic carbocycles. The van der Waals surface area contributed by atoms with Gasteiger partial charge in [-0.1, -0.05) is 0 Å². The Morgan fingerprint density at radius 3 is 2.78 bits per heavy atom. The molecule has 8 heteroatoms. The van der Waals surface area contributed by atoms with Crippen LogP contribution in [0.4, 0.5) is 24.9 Å². The first-order valence-corrected chi connectivity index (χ1v) is 5.60. The molecular weight excluding hydrogens is 247 g/mol. The van der Waals surface area contributed by atoms with Crippen molar-refractivity contribution in [1.82, 2.24) is 15.3 Å². The Morgan fingerprint density at radius 1 is 1.44 bits per heavy atom. The van der Waals surface area contributed by atoms with Gasteiger partial charge in [0.2, 0.25) is 5.95 Å². The number of alkyl halides is 3. The second-order valence-electron chi connectivity index (χ2n) is 4.04. The first kappa shape index (κ1) is 12.9. The van der Waals surface area contributed by atoms with Gasteiger partial charge in [0.25, 0.3) is 0 Å². The minimum atomic E-state index is -4.45. The van der Waals surface area contributed by atoms with E-state index < -0.39 is 11.7 Å². The van der Waals surface area contributed by atoms with Gasteiger partial charge in [0.1, 0.15) is 11.4 Å². The van der Waals surface area contributed by atoms with Gasteiger partial charge < -0.3 is 16.0 Å². The summed E-state index contributed by atoms with van der Waals surface area (Å²) in [5.41, 5.74) is -0.861. The summed E-state index contributed by atoms with van der Waals surface area (Å²) < 4.78 is 37.9. The molecule has 18 heavy (non-hydrogen) atoms. The van der Waals surface area contributed by atoms with Crippen molar-refractivity contribution >= 4 is 11.8 Å². The Labute approximate surface area is 102 Å². The maximum Gasteiger partial charge on any atom is 0.421 e. The highest BCUT2D eigenvalue weighted by atomic mass is 19.4. The maximum atomic E-state index is 12.6. The Balaban J connectivity index is 2.18. The van der Waals surface area contributed by atoms with Crippen LogP contribution >= 0.6 is 0 Å². The second kappa shape index (κ2) is 4.97. The van der Waals surface area contributed by atoms with Crippen LogP contribution < -0.4 is 16.0 Å². The molecule has 1 aromatic rings. The van der Waals surface area contributed by atoms with Gasteiger partial charge in [0.05, 0.1) is 0 Å². The van der Waals surface area contributed by atoms with E-state index in [0.29, 0.717) is 0 Å². The van der Waals surface area contributed by atoms with Crippen LogP contribution in [0.15, 0.2) is 6.20 Å². The Hall–Kier alpha value is -1.57. The smallest absolute Gasteiger partial charge is 0.372 e. The second-order valence-corrected chi connectivity index (χ2v) is 4.04. The molecule has 1 saturated heterocycles. The van der Waals surface area contributed by atoms with E-state index in [1.165, 1.54) is 7.05 Å². The fraction of sp³-hybridized carbons (Fsp3) is 0.600. The summed E-state index contributed by atoms with van der Waals surface area (Å²) in [6.45, 7) is 1.65. The molecule has 0 aliphatic carbocycles. The third-order valence-electron chi connectivity index (χ3n) is 2.72. The van der Waals surface area contributed by atoms with Crippen LogP contribution in [0.5, 0.6) is 0 Å². The Morgan fingerprint density at radius 2 is 2.22 bits per heavy atom. The molecule has 1 fully saturated rings. The zero-order valence-corrected chi connectivity index (χ0v) is 9.80. The first-order valence-electron chi connectivity index (χ1n) is 5.60. The predicted octanol–water partition coefficient (Wildman–Crippen LogP) is 1.31. The van der Waals surface area contributed by atoms with E-state index >= 15 is 0 Å². The van der Waals surface area contributed by atoms with E-state index in [1.807, 2.05) is 0 Å². The van der Waals surface area contributed by atoms with Crippen LogP contribution in [0.2, 0.25) is 0 Å². The average Bonchev–Trinajstić information content (AvgIpc) is 2.80. The SMILES string of the molecule is CNc1nc(N[C@@H]2CCNC2)ncc1C(F)(F)F. The number of nitrogens with zero attached hydrogens (tertiary/aromatic N) is 2. The topological polar surface area (TPSA) is 61.9 Å². The first-order chi connectivity index (χ1) is 8.50. The lowest BCUT2D eigenvalue weighted by Crippen LogP contribution is -2.24. The van der Waals surface area contributed by atoms with Crippen LogP contribution in [-0.4, -0.2) is 36.1 Å². The third-order valence-corrected chi connectivity index (χ3v) is 2.72. The summed E-state index contributed by atoms with van der Waals surface area (Å²) in [5.74, 6) is -0.00740. The minimum Gasteiger partial charge on any atom is -0.372 e. The normalized spacial score (nSPS) is 19.9. The molecule has 2 rings (SSSR count). The van der Waals surface area contributed by atoms with Gasteiger partial charge in [-0.15, -0.1) is 0 Å². The zero-order valence-electron chi connectivity index (χ0n) is 9.80. The molecule has 1 atom stereocenters. The summed E-state index contributed by atoms with van der Waals surface area (Å²) in [6.07, 6.45) is -2.76. The molecular formula is C10H14F3N5. The van der Waals surface area contributed by atoms with Crippen molar-refractivity contribution in [3.05, 3.63) is 11.8 Å². The number of hydrogen-bond acceptors (Lipinski definition) is 5. The lowest BCUT2D eigenvalue weighted by Gasteiger charge is -2.15. The molecule has 0 radical (unpaired) electrons. The Kier molecular flexibility index (Phi) is 3.55. The van der Waals surface area contributed by atoms with E-state index in [0.717, 1.165) is 25.7 Å². The van der Waals surface area contributed by atoms with E-state index in [9.17, 15) is 13.2 Å². The molecule has 1 aromatic heterocycles. The summed E-state index contributed by atoms with van der Waals surface area (Å²) in [4.78, 5) is 7.55. The monoisotopic (exact) mass is 261 g/mol. The largest absolute Gasteiger partial charge is 0.421 e. The average molecular weight is 261 g/mol. The molecule has 1 aliphatic rings. The summed E-state index contributed by atoms with van der Waals surface area (Å²) >= 11 is 0. The molecule has 1 aliphatic heterocycles. The molecule has 0 bridgehead atoms. The highest BCUT2D eigenvalue weighted by Crippen LogP contribution is 2.33.